The highest BCUT2D eigenvalue weighted by molar-refractivity contribution is 6.68. The number of ether oxygens (including phenoxy) is 3. The summed E-state index contributed by atoms with van der Waals surface area (Å²) < 4.78 is 34.1. The van der Waals surface area contributed by atoms with Crippen LogP contribution < -0.4 is 47.8 Å². The van der Waals surface area contributed by atoms with Crippen molar-refractivity contribution in [1.82, 2.24) is 0 Å². The molecule has 6 N–H and O–H groups in total. The highest BCUT2D eigenvalue weighted by atomic mass is 16.5. The molecule has 0 amide bonds. The number of anilines is 3. The minimum Gasteiger partial charge on any atom is -0.457 e. The molecule has 3 aliphatic rings. The number of nitrogens with two attached hydrogens (primary N) is 3. The van der Waals surface area contributed by atoms with Gasteiger partial charge in [-0.25, -0.2) is 0 Å². The van der Waals surface area contributed by atoms with E-state index in [0.29, 0.717) is 36.9 Å². The molecule has 9 nitrogen and oxygen atoms in total. The Kier molecular flexibility index (Phi) is 11.1. The number of para-hydroxylation sites is 2. The maximum Gasteiger partial charge on any atom is 0.324 e. The standard InChI is InChI=1S/3C14H14BNO2/c1-15-14-7-6-13(8-10(14)9-17-15)18-12-4-2-11(16)3-5-12;1-15-14-6-5-13(7-10(14)9-17-15)18-12-4-2-3-11(16)8-12;1-15-12-7-6-11(8-10(12)9-17-15)18-14-5-3-2-4-13(14)16/h3*2-8H,9,16H2,1H3. The van der Waals surface area contributed by atoms with E-state index in [0.717, 1.165) is 34.4 Å². The molecule has 3 heterocycles. The Labute approximate surface area is 317 Å². The van der Waals surface area contributed by atoms with E-state index >= 15 is 0 Å². The van der Waals surface area contributed by atoms with Crippen LogP contribution in [-0.4, -0.2) is 20.7 Å². The van der Waals surface area contributed by atoms with Gasteiger partial charge in [0.25, 0.3) is 0 Å². The number of hydrogen-bond acceptors (Lipinski definition) is 9. The van der Waals surface area contributed by atoms with Crippen LogP contribution in [0.5, 0.6) is 34.5 Å². The molecule has 3 aliphatic heterocycles. The van der Waals surface area contributed by atoms with Crippen LogP contribution in [0.2, 0.25) is 20.5 Å². The van der Waals surface area contributed by atoms with E-state index in [9.17, 15) is 0 Å². The SMILES string of the molecule is CB1OCc2cc(Oc3ccc(N)cc3)ccc21.CB1OCc2cc(Oc3cccc(N)c3)ccc21.CB1OCc2cc(Oc3ccccc3N)ccc21. The second-order valence-corrected chi connectivity index (χ2v) is 13.4. The zero-order chi connectivity index (χ0) is 37.6. The average Bonchev–Trinajstić information content (AvgIpc) is 3.86. The van der Waals surface area contributed by atoms with Gasteiger partial charge < -0.3 is 45.4 Å². The zero-order valence-electron chi connectivity index (χ0n) is 30.7. The molecule has 6 aromatic rings. The summed E-state index contributed by atoms with van der Waals surface area (Å²) in [5, 5.41) is 0. The Morgan fingerprint density at radius 3 is 1.37 bits per heavy atom. The van der Waals surface area contributed by atoms with Gasteiger partial charge in [0.2, 0.25) is 0 Å². The molecule has 0 unspecified atom stereocenters. The Morgan fingerprint density at radius 1 is 0.426 bits per heavy atom. The lowest BCUT2D eigenvalue weighted by molar-refractivity contribution is 0.333. The number of benzene rings is 6. The fourth-order valence-electron chi connectivity index (χ4n) is 6.50. The van der Waals surface area contributed by atoms with Gasteiger partial charge in [0.05, 0.1) is 25.5 Å². The molecule has 12 heteroatoms. The lowest BCUT2D eigenvalue weighted by atomic mass is 9.64. The van der Waals surface area contributed by atoms with Crippen molar-refractivity contribution < 1.29 is 28.2 Å². The Balaban J connectivity index is 0.000000125. The number of rotatable bonds is 6. The van der Waals surface area contributed by atoms with E-state index in [2.05, 4.69) is 38.7 Å². The molecule has 0 fully saturated rings. The fraction of sp³-hybridized carbons (Fsp3) is 0.143. The molecule has 9 rings (SSSR count). The van der Waals surface area contributed by atoms with Gasteiger partial charge in [0.1, 0.15) is 34.5 Å². The lowest BCUT2D eigenvalue weighted by Crippen LogP contribution is -2.23. The minimum absolute atomic E-state index is 0.177. The summed E-state index contributed by atoms with van der Waals surface area (Å²) >= 11 is 0. The molecule has 270 valence electrons. The second kappa shape index (κ2) is 16.5. The minimum atomic E-state index is 0.177. The van der Waals surface area contributed by atoms with Crippen LogP contribution >= 0.6 is 0 Å². The van der Waals surface area contributed by atoms with Gasteiger partial charge in [-0.2, -0.15) is 0 Å². The monoisotopic (exact) mass is 717 g/mol. The molecule has 0 radical (unpaired) electrons. The Bertz CT molecular complexity index is 2240. The predicted molar refractivity (Wildman–Crippen MR) is 220 cm³/mol. The van der Waals surface area contributed by atoms with Crippen LogP contribution in [0.3, 0.4) is 0 Å². The third-order valence-electron chi connectivity index (χ3n) is 9.48. The summed E-state index contributed by atoms with van der Waals surface area (Å²) in [6, 6.07) is 40.5. The van der Waals surface area contributed by atoms with E-state index in [4.69, 9.17) is 45.4 Å². The fourth-order valence-corrected chi connectivity index (χ4v) is 6.50. The van der Waals surface area contributed by atoms with E-state index < -0.39 is 0 Å². The first kappa shape index (κ1) is 36.5. The summed E-state index contributed by atoms with van der Waals surface area (Å²) in [4.78, 5) is 0. The maximum absolute atomic E-state index is 5.85. The summed E-state index contributed by atoms with van der Waals surface area (Å²) in [5.74, 6) is 4.67. The molecule has 6 aromatic carbocycles. The van der Waals surface area contributed by atoms with Gasteiger partial charge in [-0.05, 0) is 118 Å². The molecule has 0 saturated carbocycles. The van der Waals surface area contributed by atoms with E-state index in [-0.39, 0.29) is 20.7 Å². The van der Waals surface area contributed by atoms with Crippen LogP contribution in [0.4, 0.5) is 17.1 Å². The van der Waals surface area contributed by atoms with Crippen molar-refractivity contribution in [1.29, 1.82) is 0 Å². The molecular formula is C42H42B3N3O6. The average molecular weight is 717 g/mol. The van der Waals surface area contributed by atoms with E-state index in [1.54, 1.807) is 0 Å². The van der Waals surface area contributed by atoms with Crippen LogP contribution in [0.15, 0.2) is 127 Å². The van der Waals surface area contributed by atoms with Crippen molar-refractivity contribution >= 4 is 54.2 Å². The van der Waals surface area contributed by atoms with E-state index in [1.807, 2.05) is 109 Å². The third kappa shape index (κ3) is 8.86. The smallest absolute Gasteiger partial charge is 0.324 e. The van der Waals surface area contributed by atoms with Crippen molar-refractivity contribution in [3.8, 4) is 34.5 Å². The quantitative estimate of drug-likeness (QED) is 0.120. The van der Waals surface area contributed by atoms with Crippen LogP contribution in [0.25, 0.3) is 0 Å². The van der Waals surface area contributed by atoms with Crippen LogP contribution in [-0.2, 0) is 33.8 Å². The third-order valence-corrected chi connectivity index (χ3v) is 9.48. The molecule has 0 aromatic heterocycles. The highest BCUT2D eigenvalue weighted by Crippen LogP contribution is 2.29. The summed E-state index contributed by atoms with van der Waals surface area (Å²) in [5.41, 5.74) is 26.6. The maximum atomic E-state index is 5.85. The van der Waals surface area contributed by atoms with Crippen molar-refractivity contribution in [3.05, 3.63) is 144 Å². The van der Waals surface area contributed by atoms with Gasteiger partial charge in [-0.1, -0.05) is 56.9 Å². The summed E-state index contributed by atoms with van der Waals surface area (Å²) in [6.45, 7) is 8.69. The van der Waals surface area contributed by atoms with Gasteiger partial charge in [-0.15, -0.1) is 0 Å². The zero-order valence-corrected chi connectivity index (χ0v) is 30.7. The van der Waals surface area contributed by atoms with Crippen LogP contribution in [0, 0.1) is 0 Å². The van der Waals surface area contributed by atoms with Gasteiger partial charge >= 0.3 is 20.7 Å². The highest BCUT2D eigenvalue weighted by Gasteiger charge is 2.25. The van der Waals surface area contributed by atoms with Crippen molar-refractivity contribution in [3.63, 3.8) is 0 Å². The van der Waals surface area contributed by atoms with Crippen molar-refractivity contribution in [2.24, 2.45) is 0 Å². The first-order valence-electron chi connectivity index (χ1n) is 18.0. The largest absolute Gasteiger partial charge is 0.457 e. The first-order valence-corrected chi connectivity index (χ1v) is 18.0. The van der Waals surface area contributed by atoms with E-state index in [1.165, 1.54) is 33.1 Å². The van der Waals surface area contributed by atoms with Crippen molar-refractivity contribution in [2.45, 2.75) is 40.3 Å². The summed E-state index contributed by atoms with van der Waals surface area (Å²) in [7, 11) is 0. The summed E-state index contributed by atoms with van der Waals surface area (Å²) in [6.07, 6.45) is 0. The predicted octanol–water partition coefficient (Wildman–Crippen LogP) is 7.26. The lowest BCUT2D eigenvalue weighted by Gasteiger charge is -2.09. The number of hydrogen-bond donors (Lipinski definition) is 3. The molecule has 0 bridgehead atoms. The molecule has 0 atom stereocenters. The van der Waals surface area contributed by atoms with Crippen LogP contribution in [0.1, 0.15) is 16.7 Å². The van der Waals surface area contributed by atoms with Gasteiger partial charge in [0, 0.05) is 17.4 Å². The first-order chi connectivity index (χ1) is 26.2. The molecule has 0 spiro atoms. The molecule has 0 saturated heterocycles. The Morgan fingerprint density at radius 2 is 0.870 bits per heavy atom. The normalized spacial score (nSPS) is 13.5. The number of fused-ring (bicyclic) bond motifs is 3. The molecule has 54 heavy (non-hydrogen) atoms. The van der Waals surface area contributed by atoms with Gasteiger partial charge in [-0.3, -0.25) is 0 Å². The molecular weight excluding hydrogens is 675 g/mol. The number of nitrogen functional groups attached to an aromatic ring is 3. The Hall–Kier alpha value is -5.81. The van der Waals surface area contributed by atoms with Crippen molar-refractivity contribution in [2.75, 3.05) is 17.2 Å². The molecule has 0 aliphatic carbocycles. The second-order valence-electron chi connectivity index (χ2n) is 13.4. The van der Waals surface area contributed by atoms with Gasteiger partial charge in [0.15, 0.2) is 0 Å². The topological polar surface area (TPSA) is 133 Å².